The second-order valence-corrected chi connectivity index (χ2v) is 9.34. The normalized spacial score (nSPS) is 16.6. The minimum Gasteiger partial charge on any atom is -0.454 e. The molecule has 1 aliphatic carbocycles. The van der Waals surface area contributed by atoms with E-state index in [1.807, 2.05) is 12.1 Å². The molecule has 1 fully saturated rings. The highest BCUT2D eigenvalue weighted by Crippen LogP contribution is 2.40. The lowest BCUT2D eigenvalue weighted by Gasteiger charge is -2.26. The van der Waals surface area contributed by atoms with E-state index in [2.05, 4.69) is 51.2 Å². The van der Waals surface area contributed by atoms with Crippen molar-refractivity contribution in [3.8, 4) is 28.4 Å². The van der Waals surface area contributed by atoms with E-state index in [9.17, 15) is 4.79 Å². The second-order valence-electron chi connectivity index (χ2n) is 9.34. The van der Waals surface area contributed by atoms with Gasteiger partial charge in [0.2, 0.25) is 12.7 Å². The maximum absolute atomic E-state index is 12.7. The van der Waals surface area contributed by atoms with Crippen LogP contribution in [0.2, 0.25) is 0 Å². The van der Waals surface area contributed by atoms with Gasteiger partial charge in [-0.2, -0.15) is 0 Å². The molecule has 2 aromatic carbocycles. The molecule has 3 aromatic rings. The fraction of sp³-hybridized carbons (Fsp3) is 0.393. The molecule has 35 heavy (non-hydrogen) atoms. The molecule has 0 atom stereocenters. The molecule has 3 aliphatic rings. The van der Waals surface area contributed by atoms with Crippen LogP contribution in [0, 0.1) is 0 Å². The second kappa shape index (κ2) is 9.76. The van der Waals surface area contributed by atoms with Crippen LogP contribution < -0.4 is 14.8 Å². The molecule has 6 rings (SSSR count). The SMILES string of the molecule is O=C(CCc1cc2c(n1-c1ccc3c(c1)OCO3)-c1ccccc1CC2)NCCN1CCOCC1. The van der Waals surface area contributed by atoms with Crippen LogP contribution in [0.1, 0.15) is 23.2 Å². The summed E-state index contributed by atoms with van der Waals surface area (Å²) < 4.78 is 18.9. The summed E-state index contributed by atoms with van der Waals surface area (Å²) in [6.07, 6.45) is 3.17. The van der Waals surface area contributed by atoms with Gasteiger partial charge in [0.25, 0.3) is 0 Å². The van der Waals surface area contributed by atoms with Gasteiger partial charge in [-0.15, -0.1) is 0 Å². The Morgan fingerprint density at radius 2 is 1.77 bits per heavy atom. The van der Waals surface area contributed by atoms with Crippen molar-refractivity contribution in [3.63, 3.8) is 0 Å². The van der Waals surface area contributed by atoms with Crippen LogP contribution in [-0.4, -0.2) is 61.6 Å². The third kappa shape index (κ3) is 4.54. The van der Waals surface area contributed by atoms with E-state index >= 15 is 0 Å². The maximum Gasteiger partial charge on any atom is 0.231 e. The van der Waals surface area contributed by atoms with E-state index in [-0.39, 0.29) is 12.7 Å². The number of carbonyl (C=O) groups is 1. The maximum atomic E-state index is 12.7. The van der Waals surface area contributed by atoms with Crippen LogP contribution in [-0.2, 0) is 28.8 Å². The first kappa shape index (κ1) is 22.2. The third-order valence-corrected chi connectivity index (χ3v) is 7.17. The highest BCUT2D eigenvalue weighted by molar-refractivity contribution is 5.77. The number of amides is 1. The Balaban J connectivity index is 1.24. The number of hydrogen-bond acceptors (Lipinski definition) is 5. The predicted molar refractivity (Wildman–Crippen MR) is 133 cm³/mol. The molecule has 0 bridgehead atoms. The Hall–Kier alpha value is -3.29. The van der Waals surface area contributed by atoms with Crippen molar-refractivity contribution in [3.05, 3.63) is 65.4 Å². The van der Waals surface area contributed by atoms with Crippen molar-refractivity contribution in [1.29, 1.82) is 0 Å². The van der Waals surface area contributed by atoms with E-state index in [0.717, 1.165) is 68.6 Å². The molecule has 1 aromatic heterocycles. The summed E-state index contributed by atoms with van der Waals surface area (Å²) in [6.45, 7) is 5.22. The number of hydrogen-bond donors (Lipinski definition) is 1. The van der Waals surface area contributed by atoms with Crippen LogP contribution in [0.5, 0.6) is 11.5 Å². The van der Waals surface area contributed by atoms with E-state index in [1.54, 1.807) is 0 Å². The van der Waals surface area contributed by atoms with Crippen molar-refractivity contribution in [2.45, 2.75) is 25.7 Å². The van der Waals surface area contributed by atoms with Crippen LogP contribution in [0.15, 0.2) is 48.5 Å². The van der Waals surface area contributed by atoms with Crippen molar-refractivity contribution < 1.29 is 19.0 Å². The van der Waals surface area contributed by atoms with Crippen molar-refractivity contribution >= 4 is 5.91 Å². The molecule has 1 amide bonds. The van der Waals surface area contributed by atoms with Crippen LogP contribution in [0.25, 0.3) is 16.9 Å². The average Bonchev–Trinajstić information content (AvgIpc) is 3.52. The average molecular weight is 474 g/mol. The van der Waals surface area contributed by atoms with Gasteiger partial charge in [0.15, 0.2) is 11.5 Å². The minimum atomic E-state index is 0.0927. The standard InChI is InChI=1S/C28H31N3O4/c32-27(29-11-12-30-13-15-33-16-14-30)10-8-22-17-21-6-5-20-3-1-2-4-24(20)28(21)31(22)23-7-9-25-26(18-23)35-19-34-25/h1-4,7,9,17-18H,5-6,8,10-16,19H2,(H,29,32). The Bertz CT molecular complexity index is 1230. The molecule has 0 saturated carbocycles. The summed E-state index contributed by atoms with van der Waals surface area (Å²) in [4.78, 5) is 15.0. The van der Waals surface area contributed by atoms with Gasteiger partial charge in [-0.1, -0.05) is 24.3 Å². The number of rotatable bonds is 7. The van der Waals surface area contributed by atoms with Gasteiger partial charge in [0.1, 0.15) is 0 Å². The van der Waals surface area contributed by atoms with Gasteiger partial charge >= 0.3 is 0 Å². The molecular weight excluding hydrogens is 442 g/mol. The van der Waals surface area contributed by atoms with E-state index in [1.165, 1.54) is 22.4 Å². The first-order valence-corrected chi connectivity index (χ1v) is 12.5. The number of carbonyl (C=O) groups excluding carboxylic acids is 1. The summed E-state index contributed by atoms with van der Waals surface area (Å²) >= 11 is 0. The van der Waals surface area contributed by atoms with Crippen LogP contribution in [0.4, 0.5) is 0 Å². The van der Waals surface area contributed by atoms with Crippen LogP contribution in [0.3, 0.4) is 0 Å². The molecule has 7 heteroatoms. The summed E-state index contributed by atoms with van der Waals surface area (Å²) in [5, 5.41) is 3.10. The van der Waals surface area contributed by atoms with E-state index in [4.69, 9.17) is 14.2 Å². The number of nitrogens with zero attached hydrogens (tertiary/aromatic N) is 2. The molecule has 0 unspecified atom stereocenters. The van der Waals surface area contributed by atoms with Crippen molar-refractivity contribution in [1.82, 2.24) is 14.8 Å². The molecule has 1 saturated heterocycles. The van der Waals surface area contributed by atoms with Gasteiger partial charge in [-0.3, -0.25) is 9.69 Å². The molecule has 0 radical (unpaired) electrons. The predicted octanol–water partition coefficient (Wildman–Crippen LogP) is 3.35. The Morgan fingerprint density at radius 3 is 2.69 bits per heavy atom. The Morgan fingerprint density at radius 1 is 0.943 bits per heavy atom. The summed E-state index contributed by atoms with van der Waals surface area (Å²) in [7, 11) is 0. The summed E-state index contributed by atoms with van der Waals surface area (Å²) in [5.74, 6) is 1.63. The number of aryl methyl sites for hydroxylation is 3. The lowest BCUT2D eigenvalue weighted by Crippen LogP contribution is -2.41. The summed E-state index contributed by atoms with van der Waals surface area (Å²) in [6, 6.07) is 17.0. The van der Waals surface area contributed by atoms with Gasteiger partial charge in [0, 0.05) is 55.6 Å². The molecule has 2 aliphatic heterocycles. The number of morpholine rings is 1. The number of fused-ring (bicyclic) bond motifs is 4. The number of benzene rings is 2. The molecule has 7 nitrogen and oxygen atoms in total. The third-order valence-electron chi connectivity index (χ3n) is 7.17. The zero-order valence-electron chi connectivity index (χ0n) is 19.9. The summed E-state index contributed by atoms with van der Waals surface area (Å²) in [5.41, 5.74) is 7.39. The number of aromatic nitrogens is 1. The molecule has 1 N–H and O–H groups in total. The fourth-order valence-electron chi connectivity index (χ4n) is 5.36. The first-order chi connectivity index (χ1) is 17.3. The zero-order chi connectivity index (χ0) is 23.6. The topological polar surface area (TPSA) is 65.0 Å². The lowest BCUT2D eigenvalue weighted by molar-refractivity contribution is -0.121. The zero-order valence-corrected chi connectivity index (χ0v) is 19.9. The van der Waals surface area contributed by atoms with Gasteiger partial charge in [0.05, 0.1) is 18.9 Å². The number of nitrogens with one attached hydrogen (secondary N) is 1. The van der Waals surface area contributed by atoms with E-state index in [0.29, 0.717) is 19.4 Å². The fourth-order valence-corrected chi connectivity index (χ4v) is 5.36. The van der Waals surface area contributed by atoms with Crippen molar-refractivity contribution in [2.24, 2.45) is 0 Å². The Kier molecular flexibility index (Phi) is 6.19. The largest absolute Gasteiger partial charge is 0.454 e. The monoisotopic (exact) mass is 473 g/mol. The Labute approximate surface area is 205 Å². The molecular formula is C28H31N3O4. The van der Waals surface area contributed by atoms with Crippen molar-refractivity contribution in [2.75, 3.05) is 46.2 Å². The van der Waals surface area contributed by atoms with Gasteiger partial charge < -0.3 is 24.1 Å². The molecule has 3 heterocycles. The van der Waals surface area contributed by atoms with Crippen LogP contribution >= 0.6 is 0 Å². The number of ether oxygens (including phenoxy) is 3. The van der Waals surface area contributed by atoms with Gasteiger partial charge in [-0.05, 0) is 48.6 Å². The van der Waals surface area contributed by atoms with Gasteiger partial charge in [-0.25, -0.2) is 0 Å². The molecule has 182 valence electrons. The molecule has 0 spiro atoms. The van der Waals surface area contributed by atoms with E-state index < -0.39 is 0 Å². The highest BCUT2D eigenvalue weighted by Gasteiger charge is 2.25. The highest BCUT2D eigenvalue weighted by atomic mass is 16.7. The lowest BCUT2D eigenvalue weighted by atomic mass is 9.90. The quantitative estimate of drug-likeness (QED) is 0.570. The smallest absolute Gasteiger partial charge is 0.231 e. The first-order valence-electron chi connectivity index (χ1n) is 12.5. The minimum absolute atomic E-state index is 0.0927.